The number of benzene rings is 2. The summed E-state index contributed by atoms with van der Waals surface area (Å²) in [6.07, 6.45) is 30.8. The second kappa shape index (κ2) is 25.7. The molecule has 232 valence electrons. The maximum Gasteiger partial charge on any atom is 0.122 e. The molecule has 0 aliphatic rings. The molecule has 0 atom stereocenters. The normalized spacial score (nSPS) is 11.2. The standard InChI is InChI=1S/C39H64O2/c1-3-5-7-9-11-13-15-17-19-21-27-33-40-38-31-25-23-29-36(38)35-37-30-24-26-32-39(37)41-34-28-22-20-18-16-14-12-10-8-6-4-2/h23-26,29-32H,3-22,27-28,33-35H2,1-2H3. The van der Waals surface area contributed by atoms with Gasteiger partial charge in [0.2, 0.25) is 0 Å². The van der Waals surface area contributed by atoms with E-state index in [9.17, 15) is 0 Å². The summed E-state index contributed by atoms with van der Waals surface area (Å²) in [5, 5.41) is 0. The first-order chi connectivity index (χ1) is 20.3. The monoisotopic (exact) mass is 564 g/mol. The van der Waals surface area contributed by atoms with Gasteiger partial charge in [-0.3, -0.25) is 0 Å². The minimum Gasteiger partial charge on any atom is -0.493 e. The molecule has 0 radical (unpaired) electrons. The van der Waals surface area contributed by atoms with Crippen LogP contribution in [0.4, 0.5) is 0 Å². The average molecular weight is 565 g/mol. The molecule has 0 aromatic heterocycles. The Hall–Kier alpha value is -1.96. The maximum atomic E-state index is 6.27. The highest BCUT2D eigenvalue weighted by Gasteiger charge is 2.09. The van der Waals surface area contributed by atoms with Crippen molar-refractivity contribution in [3.63, 3.8) is 0 Å². The Labute approximate surface area is 255 Å². The van der Waals surface area contributed by atoms with E-state index in [-0.39, 0.29) is 0 Å². The van der Waals surface area contributed by atoms with Gasteiger partial charge in [0, 0.05) is 6.42 Å². The van der Waals surface area contributed by atoms with E-state index < -0.39 is 0 Å². The van der Waals surface area contributed by atoms with Crippen LogP contribution in [0, 0.1) is 0 Å². The molecule has 2 rings (SSSR count). The fourth-order valence-electron chi connectivity index (χ4n) is 5.68. The van der Waals surface area contributed by atoms with E-state index in [1.165, 1.54) is 140 Å². The quantitative estimate of drug-likeness (QED) is 0.0957. The van der Waals surface area contributed by atoms with Crippen molar-refractivity contribution in [2.45, 2.75) is 162 Å². The van der Waals surface area contributed by atoms with Crippen LogP contribution >= 0.6 is 0 Å². The van der Waals surface area contributed by atoms with Crippen LogP contribution in [0.1, 0.15) is 166 Å². The summed E-state index contributed by atoms with van der Waals surface area (Å²) in [7, 11) is 0. The first-order valence-electron chi connectivity index (χ1n) is 17.8. The zero-order valence-corrected chi connectivity index (χ0v) is 27.1. The summed E-state index contributed by atoms with van der Waals surface area (Å²) in [6, 6.07) is 17.1. The van der Waals surface area contributed by atoms with Crippen LogP contribution in [0.2, 0.25) is 0 Å². The second-order valence-electron chi connectivity index (χ2n) is 12.2. The molecule has 0 saturated heterocycles. The van der Waals surface area contributed by atoms with Crippen LogP contribution in [0.5, 0.6) is 11.5 Å². The van der Waals surface area contributed by atoms with Gasteiger partial charge < -0.3 is 9.47 Å². The molecule has 2 aromatic carbocycles. The summed E-state index contributed by atoms with van der Waals surface area (Å²) >= 11 is 0. The van der Waals surface area contributed by atoms with Crippen molar-refractivity contribution in [3.8, 4) is 11.5 Å². The number of hydrogen-bond donors (Lipinski definition) is 0. The van der Waals surface area contributed by atoms with Crippen molar-refractivity contribution < 1.29 is 9.47 Å². The maximum absolute atomic E-state index is 6.27. The summed E-state index contributed by atoms with van der Waals surface area (Å²) in [6.45, 7) is 6.20. The molecule has 0 aliphatic heterocycles. The van der Waals surface area contributed by atoms with E-state index in [2.05, 4.69) is 62.4 Å². The third-order valence-corrected chi connectivity index (χ3v) is 8.34. The second-order valence-corrected chi connectivity index (χ2v) is 12.2. The molecule has 0 saturated carbocycles. The highest BCUT2D eigenvalue weighted by Crippen LogP contribution is 2.27. The smallest absolute Gasteiger partial charge is 0.122 e. The molecule has 0 unspecified atom stereocenters. The molecule has 41 heavy (non-hydrogen) atoms. The third kappa shape index (κ3) is 18.2. The van der Waals surface area contributed by atoms with E-state index in [4.69, 9.17) is 9.47 Å². The first kappa shape index (κ1) is 35.2. The molecule has 0 bridgehead atoms. The van der Waals surface area contributed by atoms with Gasteiger partial charge >= 0.3 is 0 Å². The topological polar surface area (TPSA) is 18.5 Å². The number of ether oxygens (including phenoxy) is 2. The Morgan fingerprint density at radius 1 is 0.366 bits per heavy atom. The lowest BCUT2D eigenvalue weighted by Crippen LogP contribution is -2.03. The van der Waals surface area contributed by atoms with Crippen molar-refractivity contribution in [1.82, 2.24) is 0 Å². The molecular formula is C39H64O2. The zero-order valence-electron chi connectivity index (χ0n) is 27.1. The third-order valence-electron chi connectivity index (χ3n) is 8.34. The Kier molecular flexibility index (Phi) is 22.1. The van der Waals surface area contributed by atoms with Gasteiger partial charge in [0.15, 0.2) is 0 Å². The van der Waals surface area contributed by atoms with Gasteiger partial charge in [-0.2, -0.15) is 0 Å². The Bertz CT molecular complexity index is 775. The molecule has 0 aliphatic carbocycles. The Balaban J connectivity index is 1.60. The molecule has 0 heterocycles. The van der Waals surface area contributed by atoms with Crippen molar-refractivity contribution in [3.05, 3.63) is 59.7 Å². The molecule has 0 fully saturated rings. The largest absolute Gasteiger partial charge is 0.493 e. The first-order valence-corrected chi connectivity index (χ1v) is 17.8. The minimum absolute atomic E-state index is 0.811. The fourth-order valence-corrected chi connectivity index (χ4v) is 5.68. The van der Waals surface area contributed by atoms with Crippen molar-refractivity contribution in [2.75, 3.05) is 13.2 Å². The van der Waals surface area contributed by atoms with Crippen molar-refractivity contribution in [2.24, 2.45) is 0 Å². The van der Waals surface area contributed by atoms with Gasteiger partial charge in [-0.15, -0.1) is 0 Å². The Morgan fingerprint density at radius 2 is 0.659 bits per heavy atom. The fraction of sp³-hybridized carbons (Fsp3) is 0.692. The highest BCUT2D eigenvalue weighted by atomic mass is 16.5. The SMILES string of the molecule is CCCCCCCCCCCCCOc1ccccc1Cc1ccccc1OCCCCCCCCCCCCC. The lowest BCUT2D eigenvalue weighted by atomic mass is 10.0. The van der Waals surface area contributed by atoms with Crippen LogP contribution in [-0.2, 0) is 6.42 Å². The molecule has 0 N–H and O–H groups in total. The number of hydrogen-bond acceptors (Lipinski definition) is 2. The predicted octanol–water partition coefficient (Wildman–Crippen LogP) is 12.7. The van der Waals surface area contributed by atoms with Gasteiger partial charge in [0.25, 0.3) is 0 Å². The van der Waals surface area contributed by atoms with E-state index in [0.29, 0.717) is 0 Å². The summed E-state index contributed by atoms with van der Waals surface area (Å²) in [4.78, 5) is 0. The zero-order chi connectivity index (χ0) is 29.1. The van der Waals surface area contributed by atoms with Crippen LogP contribution in [0.3, 0.4) is 0 Å². The molecule has 2 heteroatoms. The summed E-state index contributed by atoms with van der Waals surface area (Å²) in [5.74, 6) is 2.06. The number of unbranched alkanes of at least 4 members (excludes halogenated alkanes) is 20. The van der Waals surface area contributed by atoms with Crippen LogP contribution < -0.4 is 9.47 Å². The summed E-state index contributed by atoms with van der Waals surface area (Å²) < 4.78 is 12.5. The van der Waals surface area contributed by atoms with E-state index >= 15 is 0 Å². The summed E-state index contributed by atoms with van der Waals surface area (Å²) in [5.41, 5.74) is 2.50. The van der Waals surface area contributed by atoms with E-state index in [0.717, 1.165) is 44.0 Å². The van der Waals surface area contributed by atoms with Gasteiger partial charge in [-0.1, -0.05) is 179 Å². The lowest BCUT2D eigenvalue weighted by Gasteiger charge is -2.14. The molecule has 0 spiro atoms. The number of para-hydroxylation sites is 2. The number of rotatable bonds is 28. The van der Waals surface area contributed by atoms with Gasteiger partial charge in [0.05, 0.1) is 13.2 Å². The molecule has 2 nitrogen and oxygen atoms in total. The van der Waals surface area contributed by atoms with Crippen LogP contribution in [0.25, 0.3) is 0 Å². The lowest BCUT2D eigenvalue weighted by molar-refractivity contribution is 0.298. The average Bonchev–Trinajstić information content (AvgIpc) is 3.00. The minimum atomic E-state index is 0.811. The van der Waals surface area contributed by atoms with Gasteiger partial charge in [0.1, 0.15) is 11.5 Å². The predicted molar refractivity (Wildman–Crippen MR) is 180 cm³/mol. The van der Waals surface area contributed by atoms with Gasteiger partial charge in [-0.25, -0.2) is 0 Å². The van der Waals surface area contributed by atoms with Crippen molar-refractivity contribution >= 4 is 0 Å². The van der Waals surface area contributed by atoms with E-state index in [1.54, 1.807) is 0 Å². The Morgan fingerprint density at radius 3 is 1.00 bits per heavy atom. The molecule has 0 amide bonds. The highest BCUT2D eigenvalue weighted by molar-refractivity contribution is 5.42. The van der Waals surface area contributed by atoms with Gasteiger partial charge in [-0.05, 0) is 36.1 Å². The van der Waals surface area contributed by atoms with E-state index in [1.807, 2.05) is 0 Å². The molecule has 2 aromatic rings. The van der Waals surface area contributed by atoms with Crippen molar-refractivity contribution in [1.29, 1.82) is 0 Å². The molecular weight excluding hydrogens is 500 g/mol. The van der Waals surface area contributed by atoms with Crippen LogP contribution in [0.15, 0.2) is 48.5 Å². The van der Waals surface area contributed by atoms with Crippen LogP contribution in [-0.4, -0.2) is 13.2 Å².